The summed E-state index contributed by atoms with van der Waals surface area (Å²) in [6.45, 7) is 5.94. The zero-order valence-corrected chi connectivity index (χ0v) is 19.0. The number of carbonyl (C=O) groups is 1. The molecule has 0 unspecified atom stereocenters. The highest BCUT2D eigenvalue weighted by atomic mass is 32.2. The van der Waals surface area contributed by atoms with Crippen LogP contribution >= 0.6 is 0 Å². The molecule has 0 amide bonds. The fourth-order valence-corrected chi connectivity index (χ4v) is 4.17. The molecule has 0 saturated heterocycles. The molecular formula is C18H26O9S2. The highest BCUT2D eigenvalue weighted by molar-refractivity contribution is 7.86. The molecule has 0 bridgehead atoms. The molecule has 1 aromatic rings. The number of esters is 1. The van der Waals surface area contributed by atoms with Gasteiger partial charge < -0.3 is 13.7 Å². The minimum atomic E-state index is -3.74. The minimum absolute atomic E-state index is 0.184. The van der Waals surface area contributed by atoms with Gasteiger partial charge in [0.2, 0.25) is 0 Å². The normalized spacial score (nSPS) is 19.2. The summed E-state index contributed by atoms with van der Waals surface area (Å²) in [4.78, 5) is 11.3. The van der Waals surface area contributed by atoms with E-state index < -0.39 is 31.8 Å². The van der Waals surface area contributed by atoms with E-state index in [2.05, 4.69) is 0 Å². The Labute approximate surface area is 171 Å². The molecule has 0 aliphatic carbocycles. The lowest BCUT2D eigenvalue weighted by molar-refractivity contribution is -0.149. The third kappa shape index (κ3) is 5.83. The van der Waals surface area contributed by atoms with Gasteiger partial charge in [0.15, 0.2) is 5.60 Å². The van der Waals surface area contributed by atoms with E-state index in [1.807, 2.05) is 0 Å². The topological polar surface area (TPSA) is 122 Å². The predicted octanol–water partition coefficient (Wildman–Crippen LogP) is 1.55. The maximum Gasteiger partial charge on any atom is 0.306 e. The summed E-state index contributed by atoms with van der Waals surface area (Å²) in [7, 11) is -7.45. The van der Waals surface area contributed by atoms with E-state index in [9.17, 15) is 21.6 Å². The van der Waals surface area contributed by atoms with Crippen LogP contribution in [0.2, 0.25) is 0 Å². The van der Waals surface area contributed by atoms with E-state index in [1.54, 1.807) is 20.8 Å². The standard InChI is InChI=1S/C18H26O9S2/c1-11-12(2)17-15(13(3)16(11)27-29(6,22)23)7-8-18(26-17,9-24-14(4)19)10-25-28(5,20)21/h7-10H2,1-6H3/t18-/m1/s1. The maximum absolute atomic E-state index is 11.6. The van der Waals surface area contributed by atoms with Gasteiger partial charge in [-0.15, -0.1) is 0 Å². The van der Waals surface area contributed by atoms with Gasteiger partial charge in [0, 0.05) is 12.5 Å². The molecule has 164 valence electrons. The first-order valence-corrected chi connectivity index (χ1v) is 12.5. The number of hydrogen-bond donors (Lipinski definition) is 0. The lowest BCUT2D eigenvalue weighted by Gasteiger charge is -2.39. The average Bonchev–Trinajstić information content (AvgIpc) is 2.59. The van der Waals surface area contributed by atoms with Crippen molar-refractivity contribution in [2.45, 2.75) is 46.1 Å². The molecule has 1 atom stereocenters. The van der Waals surface area contributed by atoms with Gasteiger partial charge in [0.25, 0.3) is 10.1 Å². The Morgan fingerprint density at radius 2 is 1.62 bits per heavy atom. The second-order valence-corrected chi connectivity index (χ2v) is 10.5. The molecule has 2 rings (SSSR count). The Bertz CT molecular complexity index is 1030. The lowest BCUT2D eigenvalue weighted by atomic mass is 9.87. The van der Waals surface area contributed by atoms with E-state index >= 15 is 0 Å². The fraction of sp³-hybridized carbons (Fsp3) is 0.611. The second-order valence-electron chi connectivity index (χ2n) is 7.33. The molecule has 11 heteroatoms. The molecule has 1 heterocycles. The molecule has 1 aromatic carbocycles. The van der Waals surface area contributed by atoms with Crippen molar-refractivity contribution >= 4 is 26.2 Å². The Hall–Kier alpha value is -1.85. The number of rotatable bonds is 7. The highest BCUT2D eigenvalue weighted by Crippen LogP contribution is 2.44. The number of benzene rings is 1. The molecule has 0 saturated carbocycles. The van der Waals surface area contributed by atoms with Crippen LogP contribution in [0.5, 0.6) is 11.5 Å². The van der Waals surface area contributed by atoms with Crippen LogP contribution in [0.1, 0.15) is 35.6 Å². The summed E-state index contributed by atoms with van der Waals surface area (Å²) in [6.07, 6.45) is 2.63. The first-order valence-electron chi connectivity index (χ1n) is 8.83. The third-order valence-corrected chi connectivity index (χ3v) is 5.78. The monoisotopic (exact) mass is 450 g/mol. The second kappa shape index (κ2) is 8.11. The molecule has 0 aromatic heterocycles. The smallest absolute Gasteiger partial charge is 0.306 e. The van der Waals surface area contributed by atoms with Crippen molar-refractivity contribution < 1.29 is 39.5 Å². The Balaban J connectivity index is 2.50. The van der Waals surface area contributed by atoms with E-state index in [0.717, 1.165) is 18.1 Å². The van der Waals surface area contributed by atoms with Crippen molar-refractivity contribution in [2.24, 2.45) is 0 Å². The number of ether oxygens (including phenoxy) is 2. The van der Waals surface area contributed by atoms with Crippen molar-refractivity contribution in [3.05, 3.63) is 22.3 Å². The SMILES string of the molecule is CC(=O)OC[C@@]1(COS(C)(=O)=O)CCc2c(C)c(OS(C)(=O)=O)c(C)c(C)c2O1. The molecular weight excluding hydrogens is 424 g/mol. The number of carbonyl (C=O) groups excluding carboxylic acids is 1. The van der Waals surface area contributed by atoms with Crippen molar-refractivity contribution in [3.63, 3.8) is 0 Å². The molecule has 9 nitrogen and oxygen atoms in total. The Morgan fingerprint density at radius 3 is 2.14 bits per heavy atom. The van der Waals surface area contributed by atoms with Crippen LogP contribution in [-0.2, 0) is 40.4 Å². The quantitative estimate of drug-likeness (QED) is 0.450. The van der Waals surface area contributed by atoms with Gasteiger partial charge in [-0.2, -0.15) is 16.8 Å². The lowest BCUT2D eigenvalue weighted by Crippen LogP contribution is -2.49. The summed E-state index contributed by atoms with van der Waals surface area (Å²) in [6, 6.07) is 0. The Morgan fingerprint density at radius 1 is 1.00 bits per heavy atom. The first-order chi connectivity index (χ1) is 13.1. The van der Waals surface area contributed by atoms with Crippen LogP contribution in [0.3, 0.4) is 0 Å². The molecule has 0 N–H and O–H groups in total. The number of fused-ring (bicyclic) bond motifs is 1. The van der Waals surface area contributed by atoms with Gasteiger partial charge in [-0.3, -0.25) is 8.98 Å². The van der Waals surface area contributed by atoms with E-state index in [1.165, 1.54) is 6.92 Å². The van der Waals surface area contributed by atoms with Gasteiger partial charge in [0.1, 0.15) is 24.7 Å². The van der Waals surface area contributed by atoms with E-state index in [-0.39, 0.29) is 19.0 Å². The predicted molar refractivity (Wildman–Crippen MR) is 105 cm³/mol. The van der Waals surface area contributed by atoms with Crippen LogP contribution in [0.4, 0.5) is 0 Å². The van der Waals surface area contributed by atoms with Crippen LogP contribution in [0, 0.1) is 20.8 Å². The molecule has 29 heavy (non-hydrogen) atoms. The van der Waals surface area contributed by atoms with Crippen LogP contribution < -0.4 is 8.92 Å². The summed E-state index contributed by atoms with van der Waals surface area (Å²) in [5.74, 6) is 0.211. The largest absolute Gasteiger partial charge is 0.481 e. The van der Waals surface area contributed by atoms with Crippen LogP contribution in [-0.4, -0.2) is 54.1 Å². The van der Waals surface area contributed by atoms with Gasteiger partial charge >= 0.3 is 16.1 Å². The molecule has 0 spiro atoms. The fourth-order valence-electron chi connectivity index (χ4n) is 3.18. The first kappa shape index (κ1) is 23.4. The zero-order valence-electron chi connectivity index (χ0n) is 17.3. The maximum atomic E-state index is 11.6. The van der Waals surface area contributed by atoms with E-state index in [0.29, 0.717) is 35.3 Å². The van der Waals surface area contributed by atoms with Crippen molar-refractivity contribution in [1.29, 1.82) is 0 Å². The zero-order chi connectivity index (χ0) is 22.2. The molecule has 1 aliphatic rings. The van der Waals surface area contributed by atoms with Crippen molar-refractivity contribution in [1.82, 2.24) is 0 Å². The molecule has 1 aliphatic heterocycles. The minimum Gasteiger partial charge on any atom is -0.481 e. The van der Waals surface area contributed by atoms with Gasteiger partial charge in [-0.1, -0.05) is 0 Å². The van der Waals surface area contributed by atoms with Gasteiger partial charge in [0.05, 0.1) is 12.5 Å². The molecule has 0 radical (unpaired) electrons. The van der Waals surface area contributed by atoms with Crippen molar-refractivity contribution in [2.75, 3.05) is 25.7 Å². The summed E-state index contributed by atoms with van der Waals surface area (Å²) in [5.41, 5.74) is 1.42. The average molecular weight is 451 g/mol. The summed E-state index contributed by atoms with van der Waals surface area (Å²) in [5, 5.41) is 0. The van der Waals surface area contributed by atoms with Gasteiger partial charge in [-0.25, -0.2) is 0 Å². The summed E-state index contributed by atoms with van der Waals surface area (Å²) < 4.78 is 67.7. The Kier molecular flexibility index (Phi) is 6.56. The number of hydrogen-bond acceptors (Lipinski definition) is 9. The highest BCUT2D eigenvalue weighted by Gasteiger charge is 2.41. The summed E-state index contributed by atoms with van der Waals surface area (Å²) >= 11 is 0. The van der Waals surface area contributed by atoms with Crippen LogP contribution in [0.25, 0.3) is 0 Å². The molecule has 0 fully saturated rings. The van der Waals surface area contributed by atoms with E-state index in [4.69, 9.17) is 17.8 Å². The third-order valence-electron chi connectivity index (χ3n) is 4.77. The van der Waals surface area contributed by atoms with Crippen LogP contribution in [0.15, 0.2) is 0 Å². The van der Waals surface area contributed by atoms with Gasteiger partial charge in [-0.05, 0) is 50.3 Å². The van der Waals surface area contributed by atoms with Crippen molar-refractivity contribution in [3.8, 4) is 11.5 Å².